The van der Waals surface area contributed by atoms with E-state index in [0.29, 0.717) is 0 Å². The molecule has 1 aromatic rings. The number of ether oxygens (including phenoxy) is 1. The molecule has 17 heavy (non-hydrogen) atoms. The molecule has 0 amide bonds. The van der Waals surface area contributed by atoms with Crippen LogP contribution in [-0.2, 0) is 15.1 Å². The Bertz CT molecular complexity index is 484. The largest absolute Gasteiger partial charge is 0.481 e. The average molecular weight is 232 g/mol. The predicted molar refractivity (Wildman–Crippen MR) is 62.5 cm³/mol. The Morgan fingerprint density at radius 3 is 2.41 bits per heavy atom. The summed E-state index contributed by atoms with van der Waals surface area (Å²) in [4.78, 5) is 11.3. The Labute approximate surface area is 100 Å². The Morgan fingerprint density at radius 2 is 1.94 bits per heavy atom. The lowest BCUT2D eigenvalue weighted by Crippen LogP contribution is -2.21. The van der Waals surface area contributed by atoms with E-state index >= 15 is 0 Å². The highest BCUT2D eigenvalue weighted by Gasteiger charge is 2.89. The van der Waals surface area contributed by atoms with Crippen LogP contribution in [-0.4, -0.2) is 18.2 Å². The van der Waals surface area contributed by atoms with Gasteiger partial charge in [0.05, 0.1) is 5.41 Å². The van der Waals surface area contributed by atoms with Gasteiger partial charge in [0, 0.05) is 12.5 Å². The molecule has 90 valence electrons. The van der Waals surface area contributed by atoms with Gasteiger partial charge in [0.1, 0.15) is 5.60 Å². The number of carboxylic acids is 1. The minimum Gasteiger partial charge on any atom is -0.481 e. The van der Waals surface area contributed by atoms with Gasteiger partial charge in [0.25, 0.3) is 0 Å². The fraction of sp³-hybridized carbons (Fsp3) is 0.500. The van der Waals surface area contributed by atoms with Crippen LogP contribution in [0.5, 0.6) is 0 Å². The van der Waals surface area contributed by atoms with Crippen LogP contribution in [0.3, 0.4) is 0 Å². The lowest BCUT2D eigenvalue weighted by atomic mass is 9.98. The van der Waals surface area contributed by atoms with Crippen LogP contribution < -0.4 is 0 Å². The number of methoxy groups -OCH3 is 1. The first kappa shape index (κ1) is 10.8. The quantitative estimate of drug-likeness (QED) is 0.870. The molecule has 1 spiro atoms. The van der Waals surface area contributed by atoms with Crippen molar-refractivity contribution in [3.63, 3.8) is 0 Å². The molecule has 0 heterocycles. The maximum absolute atomic E-state index is 11.3. The standard InChI is InChI=1S/C14H16O3/c1-12(11(15)16)8-13(12)9-14(13,17-2)10-6-4-3-5-7-10/h3-7H,8-9H2,1-2H3,(H,15,16)/t12-,13-,14-/m0/s1. The fourth-order valence-electron chi connectivity index (χ4n) is 3.54. The summed E-state index contributed by atoms with van der Waals surface area (Å²) in [5, 5.41) is 9.31. The van der Waals surface area contributed by atoms with Gasteiger partial charge in [-0.1, -0.05) is 30.3 Å². The molecule has 2 fully saturated rings. The highest BCUT2D eigenvalue weighted by molar-refractivity contribution is 5.82. The predicted octanol–water partition coefficient (Wildman–Crippen LogP) is 2.41. The number of rotatable bonds is 3. The first-order chi connectivity index (χ1) is 8.02. The molecule has 0 bridgehead atoms. The maximum atomic E-state index is 11.3. The molecule has 3 heteroatoms. The monoisotopic (exact) mass is 232 g/mol. The third kappa shape index (κ3) is 1.03. The van der Waals surface area contributed by atoms with Gasteiger partial charge in [-0.3, -0.25) is 4.79 Å². The fourth-order valence-corrected chi connectivity index (χ4v) is 3.54. The summed E-state index contributed by atoms with van der Waals surface area (Å²) in [6, 6.07) is 9.97. The van der Waals surface area contributed by atoms with Crippen LogP contribution >= 0.6 is 0 Å². The summed E-state index contributed by atoms with van der Waals surface area (Å²) < 4.78 is 5.69. The summed E-state index contributed by atoms with van der Waals surface area (Å²) >= 11 is 0. The van der Waals surface area contributed by atoms with Crippen molar-refractivity contribution in [1.29, 1.82) is 0 Å². The van der Waals surface area contributed by atoms with Crippen LogP contribution in [0.2, 0.25) is 0 Å². The van der Waals surface area contributed by atoms with Crippen molar-refractivity contribution in [3.05, 3.63) is 35.9 Å². The van der Waals surface area contributed by atoms with E-state index in [1.165, 1.54) is 0 Å². The molecule has 0 saturated heterocycles. The SMILES string of the molecule is CO[C@]1(c2ccccc2)C[C@]12C[C@@]2(C)C(=O)O. The zero-order chi connectivity index (χ0) is 12.3. The number of carbonyl (C=O) groups is 1. The normalized spacial score (nSPS) is 42.5. The zero-order valence-electron chi connectivity index (χ0n) is 10.1. The van der Waals surface area contributed by atoms with Gasteiger partial charge in [0.2, 0.25) is 0 Å². The third-order valence-corrected chi connectivity index (χ3v) is 4.85. The molecule has 2 aliphatic carbocycles. The molecule has 3 rings (SSSR count). The summed E-state index contributed by atoms with van der Waals surface area (Å²) in [6.45, 7) is 1.83. The van der Waals surface area contributed by atoms with Crippen molar-refractivity contribution in [2.24, 2.45) is 10.8 Å². The smallest absolute Gasteiger partial charge is 0.310 e. The van der Waals surface area contributed by atoms with E-state index < -0.39 is 11.4 Å². The third-order valence-electron chi connectivity index (χ3n) is 4.85. The Hall–Kier alpha value is -1.35. The Morgan fingerprint density at radius 1 is 1.29 bits per heavy atom. The molecule has 2 saturated carbocycles. The second-order valence-electron chi connectivity index (χ2n) is 5.47. The van der Waals surface area contributed by atoms with Crippen LogP contribution in [0.4, 0.5) is 0 Å². The van der Waals surface area contributed by atoms with Crippen LogP contribution in [0.15, 0.2) is 30.3 Å². The highest BCUT2D eigenvalue weighted by atomic mass is 16.5. The molecule has 1 aromatic carbocycles. The van der Waals surface area contributed by atoms with Gasteiger partial charge < -0.3 is 9.84 Å². The van der Waals surface area contributed by atoms with Crippen LogP contribution in [0.25, 0.3) is 0 Å². The van der Waals surface area contributed by atoms with Crippen LogP contribution in [0.1, 0.15) is 25.3 Å². The van der Waals surface area contributed by atoms with Crippen molar-refractivity contribution >= 4 is 5.97 Å². The van der Waals surface area contributed by atoms with E-state index in [2.05, 4.69) is 0 Å². The van der Waals surface area contributed by atoms with E-state index in [-0.39, 0.29) is 11.0 Å². The molecule has 0 radical (unpaired) electrons. The highest BCUT2D eigenvalue weighted by Crippen LogP contribution is 2.87. The van der Waals surface area contributed by atoms with Crippen molar-refractivity contribution < 1.29 is 14.6 Å². The second-order valence-corrected chi connectivity index (χ2v) is 5.47. The van der Waals surface area contributed by atoms with Gasteiger partial charge in [-0.05, 0) is 25.3 Å². The topological polar surface area (TPSA) is 46.5 Å². The number of carboxylic acid groups (broad SMARTS) is 1. The van der Waals surface area contributed by atoms with Crippen molar-refractivity contribution in [1.82, 2.24) is 0 Å². The Balaban J connectivity index is 1.99. The van der Waals surface area contributed by atoms with E-state index in [0.717, 1.165) is 18.4 Å². The summed E-state index contributed by atoms with van der Waals surface area (Å²) in [7, 11) is 1.68. The van der Waals surface area contributed by atoms with E-state index in [1.807, 2.05) is 37.3 Å². The molecule has 2 aliphatic rings. The average Bonchev–Trinajstić information content (AvgIpc) is 3.18. The number of hydrogen-bond acceptors (Lipinski definition) is 2. The lowest BCUT2D eigenvalue weighted by Gasteiger charge is -2.17. The minimum atomic E-state index is -0.702. The molecule has 0 aromatic heterocycles. The molecule has 1 N–H and O–H groups in total. The first-order valence-electron chi connectivity index (χ1n) is 5.87. The van der Waals surface area contributed by atoms with Crippen molar-refractivity contribution in [3.8, 4) is 0 Å². The second kappa shape index (κ2) is 2.91. The van der Waals surface area contributed by atoms with E-state index in [9.17, 15) is 9.90 Å². The molecule has 3 atom stereocenters. The molecular formula is C14H16O3. The van der Waals surface area contributed by atoms with Gasteiger partial charge in [-0.2, -0.15) is 0 Å². The molecular weight excluding hydrogens is 216 g/mol. The minimum absolute atomic E-state index is 0.179. The van der Waals surface area contributed by atoms with Gasteiger partial charge in [0.15, 0.2) is 0 Å². The van der Waals surface area contributed by atoms with E-state index in [1.54, 1.807) is 7.11 Å². The number of aliphatic carboxylic acids is 1. The summed E-state index contributed by atoms with van der Waals surface area (Å²) in [5.41, 5.74) is -0.0604. The first-order valence-corrected chi connectivity index (χ1v) is 5.87. The van der Waals surface area contributed by atoms with Crippen molar-refractivity contribution in [2.75, 3.05) is 7.11 Å². The summed E-state index contributed by atoms with van der Waals surface area (Å²) in [5.74, 6) is -0.702. The maximum Gasteiger partial charge on any atom is 0.310 e. The van der Waals surface area contributed by atoms with Crippen molar-refractivity contribution in [2.45, 2.75) is 25.4 Å². The molecule has 0 aliphatic heterocycles. The summed E-state index contributed by atoms with van der Waals surface area (Å²) in [6.07, 6.45) is 1.54. The van der Waals surface area contributed by atoms with Crippen LogP contribution in [0, 0.1) is 10.8 Å². The van der Waals surface area contributed by atoms with Gasteiger partial charge in [-0.15, -0.1) is 0 Å². The molecule has 3 nitrogen and oxygen atoms in total. The lowest BCUT2D eigenvalue weighted by molar-refractivity contribution is -0.144. The zero-order valence-corrected chi connectivity index (χ0v) is 10.1. The Kier molecular flexibility index (Phi) is 1.84. The molecule has 0 unspecified atom stereocenters. The number of hydrogen-bond donors (Lipinski definition) is 1. The number of benzene rings is 1. The van der Waals surface area contributed by atoms with Gasteiger partial charge in [-0.25, -0.2) is 0 Å². The van der Waals surface area contributed by atoms with E-state index in [4.69, 9.17) is 4.74 Å². The van der Waals surface area contributed by atoms with Gasteiger partial charge >= 0.3 is 5.97 Å².